The predicted molar refractivity (Wildman–Crippen MR) is 66.1 cm³/mol. The van der Waals surface area contributed by atoms with Gasteiger partial charge in [-0.2, -0.15) is 13.2 Å². The molecular formula is C12H16ClF3N2. The van der Waals surface area contributed by atoms with Gasteiger partial charge in [-0.05, 0) is 23.6 Å². The molecule has 0 aromatic heterocycles. The van der Waals surface area contributed by atoms with E-state index in [4.69, 9.17) is 11.6 Å². The minimum atomic E-state index is -4.42. The van der Waals surface area contributed by atoms with Gasteiger partial charge in [0.1, 0.15) is 0 Å². The van der Waals surface area contributed by atoms with E-state index in [9.17, 15) is 13.2 Å². The average molecular weight is 281 g/mol. The second-order valence-corrected chi connectivity index (χ2v) is 4.85. The molecule has 2 nitrogen and oxygen atoms in total. The lowest BCUT2D eigenvalue weighted by Crippen LogP contribution is -2.34. The van der Waals surface area contributed by atoms with Crippen LogP contribution in [0.25, 0.3) is 0 Å². The average Bonchev–Trinajstić information content (AvgIpc) is 2.24. The number of benzene rings is 1. The second kappa shape index (κ2) is 6.41. The molecule has 0 atom stereocenters. The van der Waals surface area contributed by atoms with Crippen LogP contribution in [0.3, 0.4) is 0 Å². The SMILES string of the molecule is CC(C)CNNCc1ccc(Cl)c(C(F)(F)F)c1. The van der Waals surface area contributed by atoms with E-state index in [1.54, 1.807) is 6.07 Å². The molecule has 0 aliphatic carbocycles. The summed E-state index contributed by atoms with van der Waals surface area (Å²) in [5, 5.41) is -0.276. The Kier molecular flexibility index (Phi) is 5.44. The second-order valence-electron chi connectivity index (χ2n) is 4.44. The fourth-order valence-corrected chi connectivity index (χ4v) is 1.57. The Morgan fingerprint density at radius 3 is 2.44 bits per heavy atom. The highest BCUT2D eigenvalue weighted by Gasteiger charge is 2.33. The molecule has 0 amide bonds. The number of hydrazine groups is 1. The Morgan fingerprint density at radius 2 is 1.89 bits per heavy atom. The highest BCUT2D eigenvalue weighted by molar-refractivity contribution is 6.31. The fourth-order valence-electron chi connectivity index (χ4n) is 1.34. The van der Waals surface area contributed by atoms with Crippen molar-refractivity contribution in [3.63, 3.8) is 0 Å². The van der Waals surface area contributed by atoms with Crippen LogP contribution in [0.15, 0.2) is 18.2 Å². The zero-order valence-corrected chi connectivity index (χ0v) is 11.0. The van der Waals surface area contributed by atoms with Gasteiger partial charge in [-0.1, -0.05) is 31.5 Å². The standard InChI is InChI=1S/C12H16ClF3N2/c1-8(2)6-17-18-7-9-3-4-11(13)10(5-9)12(14,15)16/h3-5,8,17-18H,6-7H2,1-2H3. The van der Waals surface area contributed by atoms with Crippen molar-refractivity contribution >= 4 is 11.6 Å². The first-order valence-electron chi connectivity index (χ1n) is 5.62. The maximum absolute atomic E-state index is 12.6. The van der Waals surface area contributed by atoms with E-state index in [1.165, 1.54) is 6.07 Å². The van der Waals surface area contributed by atoms with Crippen molar-refractivity contribution in [2.75, 3.05) is 6.54 Å². The molecule has 102 valence electrons. The van der Waals surface area contributed by atoms with Gasteiger partial charge in [0.05, 0.1) is 10.6 Å². The Balaban J connectivity index is 2.63. The Hall–Kier alpha value is -0.780. The quantitative estimate of drug-likeness (QED) is 0.636. The third-order valence-electron chi connectivity index (χ3n) is 2.26. The molecule has 18 heavy (non-hydrogen) atoms. The van der Waals surface area contributed by atoms with Gasteiger partial charge in [0.15, 0.2) is 0 Å². The van der Waals surface area contributed by atoms with E-state index < -0.39 is 11.7 Å². The molecule has 0 bridgehead atoms. The van der Waals surface area contributed by atoms with Crippen LogP contribution >= 0.6 is 11.6 Å². The van der Waals surface area contributed by atoms with Crippen molar-refractivity contribution in [2.45, 2.75) is 26.6 Å². The molecular weight excluding hydrogens is 265 g/mol. The highest BCUT2D eigenvalue weighted by atomic mass is 35.5. The van der Waals surface area contributed by atoms with Crippen molar-refractivity contribution in [3.8, 4) is 0 Å². The smallest absolute Gasteiger partial charge is 0.257 e. The van der Waals surface area contributed by atoms with E-state index in [1.807, 2.05) is 13.8 Å². The monoisotopic (exact) mass is 280 g/mol. The molecule has 0 unspecified atom stereocenters. The summed E-state index contributed by atoms with van der Waals surface area (Å²) < 4.78 is 37.8. The first-order valence-corrected chi connectivity index (χ1v) is 6.00. The van der Waals surface area contributed by atoms with Crippen LogP contribution in [-0.2, 0) is 12.7 Å². The lowest BCUT2D eigenvalue weighted by Gasteiger charge is -2.12. The highest BCUT2D eigenvalue weighted by Crippen LogP contribution is 2.35. The molecule has 1 rings (SSSR count). The van der Waals surface area contributed by atoms with Crippen LogP contribution in [0.1, 0.15) is 25.0 Å². The van der Waals surface area contributed by atoms with Gasteiger partial charge in [0, 0.05) is 13.1 Å². The summed E-state index contributed by atoms with van der Waals surface area (Å²) in [5.74, 6) is 0.466. The summed E-state index contributed by atoms with van der Waals surface area (Å²) in [6, 6.07) is 3.90. The van der Waals surface area contributed by atoms with Crippen LogP contribution in [0.4, 0.5) is 13.2 Å². The molecule has 1 aromatic rings. The molecule has 0 saturated heterocycles. The summed E-state index contributed by atoms with van der Waals surface area (Å²) in [7, 11) is 0. The number of alkyl halides is 3. The molecule has 6 heteroatoms. The number of hydrogen-bond acceptors (Lipinski definition) is 2. The Bertz CT molecular complexity index is 391. The molecule has 1 aromatic carbocycles. The molecule has 2 N–H and O–H groups in total. The number of hydrogen-bond donors (Lipinski definition) is 2. The van der Waals surface area contributed by atoms with Crippen molar-refractivity contribution in [1.29, 1.82) is 0 Å². The number of rotatable bonds is 5. The zero-order valence-electron chi connectivity index (χ0n) is 10.2. The first-order chi connectivity index (χ1) is 8.30. The largest absolute Gasteiger partial charge is 0.417 e. The summed E-state index contributed by atoms with van der Waals surface area (Å²) in [4.78, 5) is 0. The van der Waals surface area contributed by atoms with Crippen molar-refractivity contribution in [1.82, 2.24) is 10.9 Å². The molecule has 0 heterocycles. The third-order valence-corrected chi connectivity index (χ3v) is 2.59. The van der Waals surface area contributed by atoms with Gasteiger partial charge in [0.2, 0.25) is 0 Å². The van der Waals surface area contributed by atoms with E-state index in [-0.39, 0.29) is 5.02 Å². The molecule has 0 spiro atoms. The number of nitrogens with one attached hydrogen (secondary N) is 2. The van der Waals surface area contributed by atoms with Gasteiger partial charge in [0.25, 0.3) is 0 Å². The van der Waals surface area contributed by atoms with Crippen LogP contribution in [-0.4, -0.2) is 6.54 Å². The van der Waals surface area contributed by atoms with Gasteiger partial charge in [-0.3, -0.25) is 10.9 Å². The number of halogens is 4. The topological polar surface area (TPSA) is 24.1 Å². The zero-order chi connectivity index (χ0) is 13.8. The lowest BCUT2D eigenvalue weighted by molar-refractivity contribution is -0.137. The van der Waals surface area contributed by atoms with Gasteiger partial charge in [-0.15, -0.1) is 0 Å². The minimum absolute atomic E-state index is 0.276. The van der Waals surface area contributed by atoms with Crippen molar-refractivity contribution < 1.29 is 13.2 Å². The van der Waals surface area contributed by atoms with E-state index in [0.29, 0.717) is 18.0 Å². The van der Waals surface area contributed by atoms with Gasteiger partial charge >= 0.3 is 6.18 Å². The lowest BCUT2D eigenvalue weighted by atomic mass is 10.1. The van der Waals surface area contributed by atoms with E-state index >= 15 is 0 Å². The Labute approximate surface area is 109 Å². The van der Waals surface area contributed by atoms with E-state index in [2.05, 4.69) is 10.9 Å². The third kappa shape index (κ3) is 4.84. The maximum atomic E-state index is 12.6. The normalized spacial score (nSPS) is 12.2. The molecule has 0 fully saturated rings. The molecule has 0 aliphatic heterocycles. The minimum Gasteiger partial charge on any atom is -0.257 e. The van der Waals surface area contributed by atoms with Crippen LogP contribution in [0.2, 0.25) is 5.02 Å². The van der Waals surface area contributed by atoms with Crippen molar-refractivity contribution in [2.24, 2.45) is 5.92 Å². The fraction of sp³-hybridized carbons (Fsp3) is 0.500. The summed E-state index contributed by atoms with van der Waals surface area (Å²) in [5.41, 5.74) is 5.54. The van der Waals surface area contributed by atoms with Crippen LogP contribution < -0.4 is 10.9 Å². The van der Waals surface area contributed by atoms with Gasteiger partial charge in [-0.25, -0.2) is 0 Å². The van der Waals surface area contributed by atoms with Crippen LogP contribution in [0, 0.1) is 5.92 Å². The maximum Gasteiger partial charge on any atom is 0.417 e. The predicted octanol–water partition coefficient (Wildman–Crippen LogP) is 3.61. The van der Waals surface area contributed by atoms with Gasteiger partial charge < -0.3 is 0 Å². The van der Waals surface area contributed by atoms with Crippen LogP contribution in [0.5, 0.6) is 0 Å². The summed E-state index contributed by atoms with van der Waals surface area (Å²) in [6.07, 6.45) is -4.42. The Morgan fingerprint density at radius 1 is 1.22 bits per heavy atom. The summed E-state index contributed by atoms with van der Waals surface area (Å²) in [6.45, 7) is 5.14. The van der Waals surface area contributed by atoms with Crippen molar-refractivity contribution in [3.05, 3.63) is 34.3 Å². The van der Waals surface area contributed by atoms with E-state index in [0.717, 1.165) is 12.6 Å². The first kappa shape index (κ1) is 15.3. The molecule has 0 radical (unpaired) electrons. The molecule has 0 saturated carbocycles. The molecule has 0 aliphatic rings. The summed E-state index contributed by atoms with van der Waals surface area (Å²) >= 11 is 5.53.